The van der Waals surface area contributed by atoms with Crippen LogP contribution in [0, 0.1) is 0 Å². The molecule has 0 unspecified atom stereocenters. The summed E-state index contributed by atoms with van der Waals surface area (Å²) in [4.78, 5) is 13.7. The van der Waals surface area contributed by atoms with Crippen molar-refractivity contribution in [2.24, 2.45) is 5.73 Å². The highest BCUT2D eigenvalue weighted by Crippen LogP contribution is 2.23. The second-order valence-electron chi connectivity index (χ2n) is 5.11. The van der Waals surface area contributed by atoms with Crippen LogP contribution in [0.4, 0.5) is 13.2 Å². The van der Waals surface area contributed by atoms with Crippen molar-refractivity contribution < 1.29 is 27.4 Å². The van der Waals surface area contributed by atoms with E-state index in [1.807, 2.05) is 0 Å². The molecular weight excluding hydrogens is 301 g/mol. The van der Waals surface area contributed by atoms with Gasteiger partial charge >= 0.3 is 6.36 Å². The van der Waals surface area contributed by atoms with Gasteiger partial charge in [-0.25, -0.2) is 0 Å². The average Bonchev–Trinajstić information content (AvgIpc) is 2.81. The second kappa shape index (κ2) is 6.53. The van der Waals surface area contributed by atoms with Gasteiger partial charge in [0.05, 0.1) is 18.6 Å². The number of likely N-dealkylation sites (tertiary alicyclic amines) is 1. The molecule has 1 aromatic carbocycles. The molecule has 1 fully saturated rings. The first-order valence-electron chi connectivity index (χ1n) is 6.69. The van der Waals surface area contributed by atoms with Crippen molar-refractivity contribution >= 4 is 5.91 Å². The van der Waals surface area contributed by atoms with E-state index in [2.05, 4.69) is 4.74 Å². The molecule has 122 valence electrons. The number of halogens is 3. The van der Waals surface area contributed by atoms with Crippen LogP contribution in [-0.2, 0) is 16.0 Å². The molecule has 2 atom stereocenters. The summed E-state index contributed by atoms with van der Waals surface area (Å²) in [5.41, 5.74) is 6.45. The third-order valence-electron chi connectivity index (χ3n) is 3.48. The molecule has 2 N–H and O–H groups in total. The van der Waals surface area contributed by atoms with E-state index in [-0.39, 0.29) is 30.2 Å². The van der Waals surface area contributed by atoms with Gasteiger partial charge in [0.25, 0.3) is 0 Å². The molecule has 0 bridgehead atoms. The number of methoxy groups -OCH3 is 1. The minimum atomic E-state index is -4.72. The maximum Gasteiger partial charge on any atom is 0.573 e. The number of carbonyl (C=O) groups is 1. The van der Waals surface area contributed by atoms with Crippen LogP contribution in [0.2, 0.25) is 0 Å². The summed E-state index contributed by atoms with van der Waals surface area (Å²) in [6.07, 6.45) is -4.82. The Labute approximate surface area is 125 Å². The summed E-state index contributed by atoms with van der Waals surface area (Å²) in [7, 11) is 1.54. The summed E-state index contributed by atoms with van der Waals surface area (Å²) in [6.45, 7) is 0.832. The van der Waals surface area contributed by atoms with Gasteiger partial charge in [-0.15, -0.1) is 13.2 Å². The van der Waals surface area contributed by atoms with E-state index < -0.39 is 6.36 Å². The Hall–Kier alpha value is -1.80. The molecule has 22 heavy (non-hydrogen) atoms. The minimum absolute atomic E-state index is 0.0927. The fraction of sp³-hybridized carbons (Fsp3) is 0.500. The number of hydrogen-bond donors (Lipinski definition) is 1. The Morgan fingerprint density at radius 2 is 1.95 bits per heavy atom. The molecule has 8 heteroatoms. The minimum Gasteiger partial charge on any atom is -0.406 e. The Morgan fingerprint density at radius 1 is 1.32 bits per heavy atom. The zero-order valence-corrected chi connectivity index (χ0v) is 12.0. The van der Waals surface area contributed by atoms with Crippen molar-refractivity contribution in [3.8, 4) is 5.75 Å². The first kappa shape index (κ1) is 16.6. The number of hydrogen-bond acceptors (Lipinski definition) is 4. The monoisotopic (exact) mass is 318 g/mol. The zero-order valence-electron chi connectivity index (χ0n) is 12.0. The number of amides is 1. The third-order valence-corrected chi connectivity index (χ3v) is 3.48. The number of benzene rings is 1. The SMILES string of the molecule is CO[C@@H]1CN(C(=O)Cc2ccc(OC(F)(F)F)cc2)C[C@H]1N. The zero-order chi connectivity index (χ0) is 16.3. The fourth-order valence-corrected chi connectivity index (χ4v) is 2.35. The first-order valence-corrected chi connectivity index (χ1v) is 6.69. The van der Waals surface area contributed by atoms with Gasteiger partial charge in [-0.2, -0.15) is 0 Å². The van der Waals surface area contributed by atoms with Gasteiger partial charge in [-0.1, -0.05) is 12.1 Å². The van der Waals surface area contributed by atoms with Gasteiger partial charge in [-0.3, -0.25) is 4.79 Å². The van der Waals surface area contributed by atoms with E-state index in [1.165, 1.54) is 31.4 Å². The molecule has 2 rings (SSSR count). The molecule has 1 saturated heterocycles. The smallest absolute Gasteiger partial charge is 0.406 e. The van der Waals surface area contributed by atoms with Crippen LogP contribution in [0.3, 0.4) is 0 Å². The lowest BCUT2D eigenvalue weighted by atomic mass is 10.1. The quantitative estimate of drug-likeness (QED) is 0.909. The standard InChI is InChI=1S/C14H17F3N2O3/c1-21-12-8-19(7-11(12)18)13(20)6-9-2-4-10(5-3-9)22-14(15,16)17/h2-5,11-12H,6-8,18H2,1H3/t11-,12-/m1/s1. The van der Waals surface area contributed by atoms with Crippen LogP contribution >= 0.6 is 0 Å². The van der Waals surface area contributed by atoms with E-state index in [9.17, 15) is 18.0 Å². The highest BCUT2D eigenvalue weighted by atomic mass is 19.4. The molecule has 1 aromatic rings. The van der Waals surface area contributed by atoms with Gasteiger partial charge in [0.2, 0.25) is 5.91 Å². The van der Waals surface area contributed by atoms with Gasteiger partial charge in [0.1, 0.15) is 5.75 Å². The van der Waals surface area contributed by atoms with E-state index in [0.717, 1.165) is 0 Å². The summed E-state index contributed by atoms with van der Waals surface area (Å²) in [6, 6.07) is 5.01. The number of rotatable bonds is 4. The molecule has 1 amide bonds. The first-order chi connectivity index (χ1) is 10.3. The lowest BCUT2D eigenvalue weighted by Gasteiger charge is -2.16. The van der Waals surface area contributed by atoms with Gasteiger partial charge < -0.3 is 20.1 Å². The maximum absolute atomic E-state index is 12.1. The van der Waals surface area contributed by atoms with Crippen molar-refractivity contribution in [1.29, 1.82) is 0 Å². The van der Waals surface area contributed by atoms with Gasteiger partial charge in [0.15, 0.2) is 0 Å². The van der Waals surface area contributed by atoms with Crippen molar-refractivity contribution in [3.05, 3.63) is 29.8 Å². The Kier molecular flexibility index (Phi) is 4.92. The predicted molar refractivity (Wildman–Crippen MR) is 72.2 cm³/mol. The van der Waals surface area contributed by atoms with E-state index in [1.54, 1.807) is 4.90 Å². The molecule has 0 saturated carbocycles. The highest BCUT2D eigenvalue weighted by Gasteiger charge is 2.33. The van der Waals surface area contributed by atoms with E-state index >= 15 is 0 Å². The summed E-state index contributed by atoms with van der Waals surface area (Å²) >= 11 is 0. The summed E-state index contributed by atoms with van der Waals surface area (Å²) in [5, 5.41) is 0. The predicted octanol–water partition coefficient (Wildman–Crippen LogP) is 1.31. The largest absolute Gasteiger partial charge is 0.573 e. The Bertz CT molecular complexity index is 519. The topological polar surface area (TPSA) is 64.8 Å². The molecule has 1 aliphatic heterocycles. The van der Waals surface area contributed by atoms with Crippen molar-refractivity contribution in [2.45, 2.75) is 24.9 Å². The van der Waals surface area contributed by atoms with Gasteiger partial charge in [0, 0.05) is 20.2 Å². The highest BCUT2D eigenvalue weighted by molar-refractivity contribution is 5.79. The molecule has 0 spiro atoms. The van der Waals surface area contributed by atoms with Crippen LogP contribution in [0.1, 0.15) is 5.56 Å². The molecule has 0 aromatic heterocycles. The molecule has 0 radical (unpaired) electrons. The van der Waals surface area contributed by atoms with Crippen LogP contribution in [-0.4, -0.2) is 49.5 Å². The van der Waals surface area contributed by atoms with Crippen LogP contribution in [0.25, 0.3) is 0 Å². The number of nitrogens with zero attached hydrogens (tertiary/aromatic N) is 1. The lowest BCUT2D eigenvalue weighted by molar-refractivity contribution is -0.274. The van der Waals surface area contributed by atoms with Crippen LogP contribution in [0.15, 0.2) is 24.3 Å². The number of alkyl halides is 3. The maximum atomic E-state index is 12.1. The van der Waals surface area contributed by atoms with E-state index in [0.29, 0.717) is 18.7 Å². The third kappa shape index (κ3) is 4.35. The second-order valence-corrected chi connectivity index (χ2v) is 5.11. The van der Waals surface area contributed by atoms with Crippen molar-refractivity contribution in [1.82, 2.24) is 4.90 Å². The molecule has 0 aliphatic carbocycles. The lowest BCUT2D eigenvalue weighted by Crippen LogP contribution is -2.34. The molecule has 1 heterocycles. The summed E-state index contributed by atoms with van der Waals surface area (Å²) in [5.74, 6) is -0.453. The molecule has 5 nitrogen and oxygen atoms in total. The van der Waals surface area contributed by atoms with Crippen molar-refractivity contribution in [2.75, 3.05) is 20.2 Å². The summed E-state index contributed by atoms with van der Waals surface area (Å²) < 4.78 is 45.1. The normalized spacial score (nSPS) is 22.0. The Balaban J connectivity index is 1.92. The number of carbonyl (C=O) groups excluding carboxylic acids is 1. The number of ether oxygens (including phenoxy) is 2. The number of nitrogens with two attached hydrogens (primary N) is 1. The fourth-order valence-electron chi connectivity index (χ4n) is 2.35. The molecule has 1 aliphatic rings. The average molecular weight is 318 g/mol. The van der Waals surface area contributed by atoms with Gasteiger partial charge in [-0.05, 0) is 17.7 Å². The Morgan fingerprint density at radius 3 is 2.45 bits per heavy atom. The van der Waals surface area contributed by atoms with Crippen LogP contribution < -0.4 is 10.5 Å². The van der Waals surface area contributed by atoms with E-state index in [4.69, 9.17) is 10.5 Å². The molecular formula is C14H17F3N2O3. The van der Waals surface area contributed by atoms with Crippen molar-refractivity contribution in [3.63, 3.8) is 0 Å². The van der Waals surface area contributed by atoms with Crippen LogP contribution in [0.5, 0.6) is 5.75 Å².